The summed E-state index contributed by atoms with van der Waals surface area (Å²) in [4.78, 5) is 22.0. The van der Waals surface area contributed by atoms with E-state index in [4.69, 9.17) is 9.84 Å². The molecule has 0 saturated heterocycles. The van der Waals surface area contributed by atoms with E-state index in [0.29, 0.717) is 24.5 Å². The summed E-state index contributed by atoms with van der Waals surface area (Å²) in [5.74, 6) is -0.762. The molecule has 1 atom stereocenters. The summed E-state index contributed by atoms with van der Waals surface area (Å²) >= 11 is 0. The van der Waals surface area contributed by atoms with Crippen LogP contribution in [-0.2, 0) is 16.0 Å². The molecular formula is C15H20O4. The van der Waals surface area contributed by atoms with Crippen LogP contribution in [0.15, 0.2) is 24.3 Å². The summed E-state index contributed by atoms with van der Waals surface area (Å²) in [6.07, 6.45) is 1.67. The third-order valence-corrected chi connectivity index (χ3v) is 2.90. The maximum absolute atomic E-state index is 11.5. The van der Waals surface area contributed by atoms with E-state index in [2.05, 4.69) is 0 Å². The highest BCUT2D eigenvalue weighted by atomic mass is 16.5. The van der Waals surface area contributed by atoms with Gasteiger partial charge >= 0.3 is 11.9 Å². The third-order valence-electron chi connectivity index (χ3n) is 2.90. The summed E-state index contributed by atoms with van der Waals surface area (Å²) in [5, 5.41) is 8.63. The zero-order valence-electron chi connectivity index (χ0n) is 11.4. The Morgan fingerprint density at radius 2 is 1.89 bits per heavy atom. The van der Waals surface area contributed by atoms with Crippen molar-refractivity contribution in [2.45, 2.75) is 33.1 Å². The zero-order chi connectivity index (χ0) is 14.3. The van der Waals surface area contributed by atoms with Crippen molar-refractivity contribution in [1.29, 1.82) is 0 Å². The predicted molar refractivity (Wildman–Crippen MR) is 72.1 cm³/mol. The van der Waals surface area contributed by atoms with Gasteiger partial charge in [-0.15, -0.1) is 0 Å². The van der Waals surface area contributed by atoms with E-state index in [0.717, 1.165) is 12.0 Å². The predicted octanol–water partition coefficient (Wildman–Crippen LogP) is 2.91. The van der Waals surface area contributed by atoms with Crippen molar-refractivity contribution >= 4 is 11.9 Å². The van der Waals surface area contributed by atoms with E-state index < -0.39 is 5.97 Å². The summed E-state index contributed by atoms with van der Waals surface area (Å²) in [5.41, 5.74) is 1.65. The number of aliphatic carboxylic acids is 1. The van der Waals surface area contributed by atoms with Crippen LogP contribution < -0.4 is 0 Å². The smallest absolute Gasteiger partial charge is 0.338 e. The molecular weight excluding hydrogens is 244 g/mol. The van der Waals surface area contributed by atoms with E-state index in [1.54, 1.807) is 19.1 Å². The van der Waals surface area contributed by atoms with Crippen LogP contribution in [-0.4, -0.2) is 23.7 Å². The molecule has 19 heavy (non-hydrogen) atoms. The molecule has 0 aliphatic carbocycles. The average Bonchev–Trinajstić information content (AvgIpc) is 2.37. The standard InChI is InChI=1S/C15H20O4/c1-3-19-15(18)13-7-5-12(6-8-13)10-11(2)4-9-14(16)17/h5-8,11H,3-4,9-10H2,1-2H3,(H,16,17). The Bertz CT molecular complexity index is 422. The fraction of sp³-hybridized carbons (Fsp3) is 0.467. The van der Waals surface area contributed by atoms with Crippen molar-refractivity contribution in [3.8, 4) is 0 Å². The lowest BCUT2D eigenvalue weighted by molar-refractivity contribution is -0.137. The first-order valence-electron chi connectivity index (χ1n) is 6.50. The fourth-order valence-electron chi connectivity index (χ4n) is 1.87. The Morgan fingerprint density at radius 1 is 1.26 bits per heavy atom. The minimum atomic E-state index is -0.760. The number of carbonyl (C=O) groups is 2. The van der Waals surface area contributed by atoms with Gasteiger partial charge in [0.1, 0.15) is 0 Å². The monoisotopic (exact) mass is 264 g/mol. The van der Waals surface area contributed by atoms with Gasteiger partial charge in [0.2, 0.25) is 0 Å². The van der Waals surface area contributed by atoms with Gasteiger partial charge in [-0.1, -0.05) is 19.1 Å². The number of rotatable bonds is 7. The van der Waals surface area contributed by atoms with Gasteiger partial charge < -0.3 is 9.84 Å². The van der Waals surface area contributed by atoms with Gasteiger partial charge in [-0.2, -0.15) is 0 Å². The Kier molecular flexibility index (Phi) is 6.06. The highest BCUT2D eigenvalue weighted by Gasteiger charge is 2.09. The quantitative estimate of drug-likeness (QED) is 0.769. The highest BCUT2D eigenvalue weighted by Crippen LogP contribution is 2.15. The number of hydrogen-bond acceptors (Lipinski definition) is 3. The summed E-state index contributed by atoms with van der Waals surface area (Å²) in [6.45, 7) is 4.17. The molecule has 1 aromatic carbocycles. The van der Waals surface area contributed by atoms with Crippen LogP contribution in [0.25, 0.3) is 0 Å². The SMILES string of the molecule is CCOC(=O)c1ccc(CC(C)CCC(=O)O)cc1. The van der Waals surface area contributed by atoms with Crippen molar-refractivity contribution in [2.75, 3.05) is 6.61 Å². The first-order chi connectivity index (χ1) is 9.02. The van der Waals surface area contributed by atoms with Crippen molar-refractivity contribution < 1.29 is 19.4 Å². The summed E-state index contributed by atoms with van der Waals surface area (Å²) < 4.78 is 4.91. The van der Waals surface area contributed by atoms with Crippen LogP contribution >= 0.6 is 0 Å². The molecule has 0 spiro atoms. The Labute approximate surface area is 113 Å². The molecule has 0 amide bonds. The molecule has 4 nitrogen and oxygen atoms in total. The second kappa shape index (κ2) is 7.56. The van der Waals surface area contributed by atoms with Crippen LogP contribution in [0.3, 0.4) is 0 Å². The van der Waals surface area contributed by atoms with E-state index in [-0.39, 0.29) is 12.4 Å². The van der Waals surface area contributed by atoms with Gasteiger partial charge in [-0.3, -0.25) is 4.79 Å². The first kappa shape index (κ1) is 15.2. The maximum atomic E-state index is 11.5. The fourth-order valence-corrected chi connectivity index (χ4v) is 1.87. The molecule has 1 N–H and O–H groups in total. The van der Waals surface area contributed by atoms with Crippen molar-refractivity contribution in [3.05, 3.63) is 35.4 Å². The number of benzene rings is 1. The molecule has 0 aromatic heterocycles. The minimum Gasteiger partial charge on any atom is -0.481 e. The highest BCUT2D eigenvalue weighted by molar-refractivity contribution is 5.89. The molecule has 1 unspecified atom stereocenters. The molecule has 4 heteroatoms. The van der Waals surface area contributed by atoms with Crippen molar-refractivity contribution in [1.82, 2.24) is 0 Å². The number of hydrogen-bond donors (Lipinski definition) is 1. The number of carboxylic acid groups (broad SMARTS) is 1. The number of ether oxygens (including phenoxy) is 1. The molecule has 1 rings (SSSR count). The Balaban J connectivity index is 2.52. The van der Waals surface area contributed by atoms with Crippen LogP contribution in [0.5, 0.6) is 0 Å². The van der Waals surface area contributed by atoms with Crippen LogP contribution in [0, 0.1) is 5.92 Å². The lowest BCUT2D eigenvalue weighted by Crippen LogP contribution is -2.06. The summed E-state index contributed by atoms with van der Waals surface area (Å²) in [6, 6.07) is 7.28. The molecule has 0 radical (unpaired) electrons. The maximum Gasteiger partial charge on any atom is 0.338 e. The lowest BCUT2D eigenvalue weighted by atomic mass is 9.96. The second-order valence-corrected chi connectivity index (χ2v) is 4.66. The molecule has 0 aliphatic heterocycles. The molecule has 0 heterocycles. The van der Waals surface area contributed by atoms with Crippen LogP contribution in [0.2, 0.25) is 0 Å². The molecule has 0 saturated carbocycles. The largest absolute Gasteiger partial charge is 0.481 e. The van der Waals surface area contributed by atoms with Crippen LogP contribution in [0.1, 0.15) is 42.6 Å². The second-order valence-electron chi connectivity index (χ2n) is 4.66. The normalized spacial score (nSPS) is 11.9. The molecule has 1 aromatic rings. The Hall–Kier alpha value is -1.84. The van der Waals surface area contributed by atoms with Crippen molar-refractivity contribution in [2.24, 2.45) is 5.92 Å². The Morgan fingerprint density at radius 3 is 2.42 bits per heavy atom. The molecule has 104 valence electrons. The minimum absolute atomic E-state index is 0.197. The summed E-state index contributed by atoms with van der Waals surface area (Å²) in [7, 11) is 0. The van der Waals surface area contributed by atoms with E-state index in [1.165, 1.54) is 0 Å². The van der Waals surface area contributed by atoms with Crippen LogP contribution in [0.4, 0.5) is 0 Å². The number of carbonyl (C=O) groups excluding carboxylic acids is 1. The molecule has 0 fully saturated rings. The van der Waals surface area contributed by atoms with Gasteiger partial charge in [0.15, 0.2) is 0 Å². The van der Waals surface area contributed by atoms with E-state index in [1.807, 2.05) is 19.1 Å². The van der Waals surface area contributed by atoms with Gasteiger partial charge in [0.05, 0.1) is 12.2 Å². The number of carboxylic acids is 1. The topological polar surface area (TPSA) is 63.6 Å². The molecule has 0 aliphatic rings. The number of esters is 1. The molecule has 0 bridgehead atoms. The van der Waals surface area contributed by atoms with Crippen molar-refractivity contribution in [3.63, 3.8) is 0 Å². The van der Waals surface area contributed by atoms with E-state index in [9.17, 15) is 9.59 Å². The van der Waals surface area contributed by atoms with E-state index >= 15 is 0 Å². The van der Waals surface area contributed by atoms with Gasteiger partial charge in [0, 0.05) is 6.42 Å². The average molecular weight is 264 g/mol. The lowest BCUT2D eigenvalue weighted by Gasteiger charge is -2.10. The van der Waals surface area contributed by atoms with Gasteiger partial charge in [0.25, 0.3) is 0 Å². The van der Waals surface area contributed by atoms with Gasteiger partial charge in [-0.05, 0) is 43.4 Å². The van der Waals surface area contributed by atoms with Gasteiger partial charge in [-0.25, -0.2) is 4.79 Å². The zero-order valence-corrected chi connectivity index (χ0v) is 11.4. The third kappa shape index (κ3) is 5.55. The first-order valence-corrected chi connectivity index (χ1v) is 6.50.